The summed E-state index contributed by atoms with van der Waals surface area (Å²) in [5.41, 5.74) is 0.898. The number of anilines is 1. The first-order valence-electron chi connectivity index (χ1n) is 6.90. The summed E-state index contributed by atoms with van der Waals surface area (Å²) in [5.74, 6) is 0.777. The number of hydrogen-bond donors (Lipinski definition) is 1. The van der Waals surface area contributed by atoms with Crippen LogP contribution in [0.15, 0.2) is 28.0 Å². The van der Waals surface area contributed by atoms with E-state index >= 15 is 0 Å². The number of benzene rings is 1. The van der Waals surface area contributed by atoms with E-state index in [2.05, 4.69) is 20.5 Å². The predicted octanol–water partition coefficient (Wildman–Crippen LogP) is 2.77. The van der Waals surface area contributed by atoms with Gasteiger partial charge in [-0.1, -0.05) is 5.10 Å². The van der Waals surface area contributed by atoms with Gasteiger partial charge in [-0.3, -0.25) is 10.1 Å². The largest absolute Gasteiger partial charge is 0.497 e. The quantitative estimate of drug-likeness (QED) is 0.758. The van der Waals surface area contributed by atoms with Crippen molar-refractivity contribution in [3.8, 4) is 23.1 Å². The third-order valence-corrected chi connectivity index (χ3v) is 3.91. The van der Waals surface area contributed by atoms with Crippen molar-refractivity contribution in [1.82, 2.24) is 15.2 Å². The molecular weight excluding hydrogens is 332 g/mol. The van der Waals surface area contributed by atoms with Gasteiger partial charge in [0.1, 0.15) is 17.2 Å². The molecule has 0 radical (unpaired) electrons. The van der Waals surface area contributed by atoms with Crippen molar-refractivity contribution in [2.75, 3.05) is 19.5 Å². The van der Waals surface area contributed by atoms with Crippen LogP contribution in [-0.4, -0.2) is 35.3 Å². The average Bonchev–Trinajstić information content (AvgIpc) is 3.23. The zero-order chi connectivity index (χ0) is 17.1. The molecule has 0 fully saturated rings. The van der Waals surface area contributed by atoms with Gasteiger partial charge in [0.25, 0.3) is 11.8 Å². The maximum atomic E-state index is 12.4. The van der Waals surface area contributed by atoms with Crippen molar-refractivity contribution in [2.45, 2.75) is 6.92 Å². The summed E-state index contributed by atoms with van der Waals surface area (Å²) in [6, 6.07) is 4.85. The van der Waals surface area contributed by atoms with E-state index in [1.54, 1.807) is 23.6 Å². The lowest BCUT2D eigenvalue weighted by Gasteiger charge is -2.09. The van der Waals surface area contributed by atoms with Crippen LogP contribution in [-0.2, 0) is 0 Å². The molecule has 9 heteroatoms. The van der Waals surface area contributed by atoms with Crippen LogP contribution < -0.4 is 14.8 Å². The Labute approximate surface area is 141 Å². The molecule has 1 aromatic carbocycles. The normalized spacial score (nSPS) is 10.5. The molecule has 1 amide bonds. The van der Waals surface area contributed by atoms with Gasteiger partial charge >= 0.3 is 6.01 Å². The number of carbonyl (C=O) groups is 1. The number of hydrogen-bond acceptors (Lipinski definition) is 8. The summed E-state index contributed by atoms with van der Waals surface area (Å²) in [4.78, 5) is 16.6. The summed E-state index contributed by atoms with van der Waals surface area (Å²) in [6.07, 6.45) is 0. The van der Waals surface area contributed by atoms with Crippen LogP contribution in [0.25, 0.3) is 11.6 Å². The molecule has 3 rings (SSSR count). The minimum atomic E-state index is -0.431. The van der Waals surface area contributed by atoms with E-state index in [0.29, 0.717) is 22.8 Å². The lowest BCUT2D eigenvalue weighted by atomic mass is 10.2. The molecule has 0 aliphatic carbocycles. The molecule has 0 atom stereocenters. The summed E-state index contributed by atoms with van der Waals surface area (Å²) >= 11 is 1.47. The van der Waals surface area contributed by atoms with Gasteiger partial charge in [-0.05, 0) is 19.1 Å². The topological polar surface area (TPSA) is 99.4 Å². The maximum absolute atomic E-state index is 12.4. The molecule has 2 aromatic heterocycles. The lowest BCUT2D eigenvalue weighted by molar-refractivity contribution is 0.102. The summed E-state index contributed by atoms with van der Waals surface area (Å²) in [6.45, 7) is 1.88. The molecule has 124 valence electrons. The van der Waals surface area contributed by atoms with Crippen molar-refractivity contribution in [1.29, 1.82) is 0 Å². The predicted molar refractivity (Wildman–Crippen MR) is 87.6 cm³/mol. The number of thiazole rings is 1. The Morgan fingerprint density at radius 2 is 2.08 bits per heavy atom. The molecule has 0 bridgehead atoms. The fraction of sp³-hybridized carbons (Fsp3) is 0.200. The molecule has 1 N–H and O–H groups in total. The van der Waals surface area contributed by atoms with Crippen LogP contribution in [0.4, 0.5) is 6.01 Å². The number of nitrogens with zero attached hydrogens (tertiary/aromatic N) is 3. The van der Waals surface area contributed by atoms with Crippen LogP contribution in [0, 0.1) is 6.92 Å². The Morgan fingerprint density at radius 1 is 1.25 bits per heavy atom. The Kier molecular flexibility index (Phi) is 4.43. The van der Waals surface area contributed by atoms with Gasteiger partial charge in [0.15, 0.2) is 0 Å². The SMILES string of the molecule is COc1ccc(C(=O)Nc2nnc(-c3csc(C)n3)o2)c(OC)c1. The molecule has 24 heavy (non-hydrogen) atoms. The maximum Gasteiger partial charge on any atom is 0.322 e. The zero-order valence-electron chi connectivity index (χ0n) is 13.2. The molecule has 0 aliphatic rings. The van der Waals surface area contributed by atoms with E-state index in [1.165, 1.54) is 25.6 Å². The van der Waals surface area contributed by atoms with Crippen molar-refractivity contribution in [3.05, 3.63) is 34.2 Å². The van der Waals surface area contributed by atoms with Crippen molar-refractivity contribution >= 4 is 23.3 Å². The highest BCUT2D eigenvalue weighted by atomic mass is 32.1. The molecular formula is C15H14N4O4S. The van der Waals surface area contributed by atoms with Crippen molar-refractivity contribution in [3.63, 3.8) is 0 Å². The molecule has 3 aromatic rings. The highest BCUT2D eigenvalue weighted by Crippen LogP contribution is 2.26. The van der Waals surface area contributed by atoms with Crippen LogP contribution in [0.5, 0.6) is 11.5 Å². The third-order valence-electron chi connectivity index (χ3n) is 3.14. The number of rotatable bonds is 5. The van der Waals surface area contributed by atoms with E-state index in [4.69, 9.17) is 13.9 Å². The molecule has 8 nitrogen and oxygen atoms in total. The highest BCUT2D eigenvalue weighted by molar-refractivity contribution is 7.09. The first kappa shape index (κ1) is 15.9. The highest BCUT2D eigenvalue weighted by Gasteiger charge is 2.17. The second-order valence-electron chi connectivity index (χ2n) is 4.68. The fourth-order valence-corrected chi connectivity index (χ4v) is 2.58. The van der Waals surface area contributed by atoms with Crippen LogP contribution >= 0.6 is 11.3 Å². The van der Waals surface area contributed by atoms with E-state index in [-0.39, 0.29) is 11.9 Å². The minimum absolute atomic E-state index is 0.0153. The second-order valence-corrected chi connectivity index (χ2v) is 5.75. The number of carbonyl (C=O) groups excluding carboxylic acids is 1. The second kappa shape index (κ2) is 6.67. The minimum Gasteiger partial charge on any atom is -0.497 e. The molecule has 0 saturated heterocycles. The van der Waals surface area contributed by atoms with Gasteiger partial charge in [-0.15, -0.1) is 16.4 Å². The smallest absolute Gasteiger partial charge is 0.322 e. The van der Waals surface area contributed by atoms with Crippen LogP contribution in [0.1, 0.15) is 15.4 Å². The molecule has 0 unspecified atom stereocenters. The summed E-state index contributed by atoms with van der Waals surface area (Å²) < 4.78 is 15.7. The Morgan fingerprint density at radius 3 is 2.75 bits per heavy atom. The van der Waals surface area contributed by atoms with E-state index in [9.17, 15) is 4.79 Å². The number of nitrogens with one attached hydrogen (secondary N) is 1. The van der Waals surface area contributed by atoms with Gasteiger partial charge in [0.05, 0.1) is 24.8 Å². The van der Waals surface area contributed by atoms with Crippen molar-refractivity contribution in [2.24, 2.45) is 0 Å². The first-order valence-corrected chi connectivity index (χ1v) is 7.78. The molecule has 0 aliphatic heterocycles. The third kappa shape index (κ3) is 3.20. The van der Waals surface area contributed by atoms with E-state index in [1.807, 2.05) is 6.92 Å². The Bertz CT molecular complexity index is 874. The first-order chi connectivity index (χ1) is 11.6. The zero-order valence-corrected chi connectivity index (χ0v) is 14.0. The molecule has 2 heterocycles. The summed E-state index contributed by atoms with van der Waals surface area (Å²) in [7, 11) is 3.01. The molecule has 0 saturated carbocycles. The van der Waals surface area contributed by atoms with Crippen molar-refractivity contribution < 1.29 is 18.7 Å². The fourth-order valence-electron chi connectivity index (χ4n) is 1.99. The van der Waals surface area contributed by atoms with Gasteiger partial charge in [0.2, 0.25) is 0 Å². The van der Waals surface area contributed by atoms with Gasteiger partial charge in [-0.2, -0.15) is 0 Å². The van der Waals surface area contributed by atoms with E-state index < -0.39 is 5.91 Å². The monoisotopic (exact) mass is 346 g/mol. The number of amides is 1. The average molecular weight is 346 g/mol. The van der Waals surface area contributed by atoms with E-state index in [0.717, 1.165) is 5.01 Å². The van der Waals surface area contributed by atoms with Crippen LogP contribution in [0.2, 0.25) is 0 Å². The number of aryl methyl sites for hydroxylation is 1. The van der Waals surface area contributed by atoms with Gasteiger partial charge in [-0.25, -0.2) is 4.98 Å². The number of ether oxygens (including phenoxy) is 2. The Hall–Kier alpha value is -2.94. The lowest BCUT2D eigenvalue weighted by Crippen LogP contribution is -2.13. The number of methoxy groups -OCH3 is 2. The molecule has 0 spiro atoms. The van der Waals surface area contributed by atoms with Gasteiger partial charge in [0, 0.05) is 11.4 Å². The number of aromatic nitrogens is 3. The van der Waals surface area contributed by atoms with Crippen LogP contribution in [0.3, 0.4) is 0 Å². The Balaban J connectivity index is 1.79. The standard InChI is InChI=1S/C15H14N4O4S/c1-8-16-11(7-24-8)14-18-19-15(23-14)17-13(20)10-5-4-9(21-2)6-12(10)22-3/h4-7H,1-3H3,(H,17,19,20). The summed E-state index contributed by atoms with van der Waals surface area (Å²) in [5, 5.41) is 12.9. The van der Waals surface area contributed by atoms with Gasteiger partial charge < -0.3 is 13.9 Å².